The molecule has 3 heteroatoms. The Kier molecular flexibility index (Phi) is 2.05. The van der Waals surface area contributed by atoms with Gasteiger partial charge in [-0.05, 0) is 32.4 Å². The summed E-state index contributed by atoms with van der Waals surface area (Å²) in [5, 5.41) is 3.91. The van der Waals surface area contributed by atoms with E-state index in [0.717, 1.165) is 0 Å². The molecule has 2 bridgehead atoms. The van der Waals surface area contributed by atoms with Gasteiger partial charge >= 0.3 is 0 Å². The van der Waals surface area contributed by atoms with Gasteiger partial charge in [-0.2, -0.15) is 0 Å². The second kappa shape index (κ2) is 3.05. The molecule has 12 heavy (non-hydrogen) atoms. The topological polar surface area (TPSA) is 24.8 Å². The monoisotopic (exact) mass is 168 g/mol. The van der Waals surface area contributed by atoms with E-state index < -0.39 is 0 Å². The van der Waals surface area contributed by atoms with E-state index in [1.807, 2.05) is 6.21 Å². The second-order valence-corrected chi connectivity index (χ2v) is 3.91. The van der Waals surface area contributed by atoms with E-state index in [1.54, 1.807) is 7.11 Å². The lowest BCUT2D eigenvalue weighted by Gasteiger charge is -2.29. The molecule has 0 N–H and O–H groups in total. The van der Waals surface area contributed by atoms with E-state index in [1.165, 1.54) is 38.9 Å². The first-order chi connectivity index (χ1) is 5.85. The number of rotatable bonds is 2. The molecule has 0 spiro atoms. The third kappa shape index (κ3) is 1.33. The van der Waals surface area contributed by atoms with Crippen molar-refractivity contribution in [1.82, 2.24) is 4.90 Å². The molecule has 2 atom stereocenters. The van der Waals surface area contributed by atoms with Crippen LogP contribution in [-0.2, 0) is 4.84 Å². The fourth-order valence-electron chi connectivity index (χ4n) is 2.37. The lowest BCUT2D eigenvalue weighted by molar-refractivity contribution is 0.201. The van der Waals surface area contributed by atoms with Gasteiger partial charge in [-0.15, -0.1) is 0 Å². The molecule has 0 saturated carbocycles. The van der Waals surface area contributed by atoms with Crippen LogP contribution in [0.4, 0.5) is 0 Å². The molecule has 2 fully saturated rings. The highest BCUT2D eigenvalue weighted by molar-refractivity contribution is 5.66. The molecule has 3 nitrogen and oxygen atoms in total. The molecule has 0 amide bonds. The third-order valence-electron chi connectivity index (χ3n) is 3.05. The number of nitrogens with zero attached hydrogens (tertiary/aromatic N) is 2. The molecule has 2 saturated heterocycles. The Labute approximate surface area is 73.4 Å². The summed E-state index contributed by atoms with van der Waals surface area (Å²) in [6.45, 7) is 3.72. The maximum absolute atomic E-state index is 4.74. The molecular weight excluding hydrogens is 152 g/mol. The molecule has 0 aromatic carbocycles. The van der Waals surface area contributed by atoms with Crippen molar-refractivity contribution >= 4 is 6.21 Å². The molecule has 0 aromatic heterocycles. The van der Waals surface area contributed by atoms with E-state index in [4.69, 9.17) is 4.84 Å². The summed E-state index contributed by atoms with van der Waals surface area (Å²) in [4.78, 5) is 7.26. The van der Waals surface area contributed by atoms with Crippen molar-refractivity contribution in [3.05, 3.63) is 0 Å². The van der Waals surface area contributed by atoms with Crippen molar-refractivity contribution in [1.29, 1.82) is 0 Å². The lowest BCUT2D eigenvalue weighted by Crippen LogP contribution is -2.34. The lowest BCUT2D eigenvalue weighted by atomic mass is 9.82. The summed E-state index contributed by atoms with van der Waals surface area (Å²) in [5.74, 6) is 0. The highest BCUT2D eigenvalue weighted by Gasteiger charge is 2.39. The van der Waals surface area contributed by atoms with Crippen LogP contribution in [0.5, 0.6) is 0 Å². The number of oxime groups is 1. The quantitative estimate of drug-likeness (QED) is 0.455. The van der Waals surface area contributed by atoms with Gasteiger partial charge < -0.3 is 9.74 Å². The average Bonchev–Trinajstić information content (AvgIpc) is 2.40. The minimum Gasteiger partial charge on any atom is -0.399 e. The van der Waals surface area contributed by atoms with Crippen LogP contribution < -0.4 is 0 Å². The van der Waals surface area contributed by atoms with E-state index in [-0.39, 0.29) is 0 Å². The van der Waals surface area contributed by atoms with Crippen molar-refractivity contribution in [2.45, 2.75) is 19.3 Å². The Balaban J connectivity index is 2.05. The van der Waals surface area contributed by atoms with Crippen LogP contribution >= 0.6 is 0 Å². The standard InChI is InChI=1S/C9H16N2O/c1-12-10-7-9-3-2-5-11(8-9)6-4-9/h7H,2-6,8H2,1H3/b10-7+. The maximum atomic E-state index is 4.74. The molecule has 2 aliphatic rings. The highest BCUT2D eigenvalue weighted by atomic mass is 16.6. The van der Waals surface area contributed by atoms with Crippen molar-refractivity contribution in [3.63, 3.8) is 0 Å². The first-order valence-corrected chi connectivity index (χ1v) is 4.65. The third-order valence-corrected chi connectivity index (χ3v) is 3.05. The zero-order valence-corrected chi connectivity index (χ0v) is 7.62. The highest BCUT2D eigenvalue weighted by Crippen LogP contribution is 2.37. The van der Waals surface area contributed by atoms with Gasteiger partial charge in [-0.1, -0.05) is 5.16 Å². The maximum Gasteiger partial charge on any atom is 0.106 e. The number of hydrogen-bond donors (Lipinski definition) is 0. The van der Waals surface area contributed by atoms with Crippen LogP contribution in [0.1, 0.15) is 19.3 Å². The number of hydrogen-bond acceptors (Lipinski definition) is 3. The SMILES string of the molecule is CO/N=C/C12CCCN(CC1)C2. The fraction of sp³-hybridized carbons (Fsp3) is 0.889. The Morgan fingerprint density at radius 2 is 2.33 bits per heavy atom. The van der Waals surface area contributed by atoms with E-state index in [2.05, 4.69) is 10.1 Å². The van der Waals surface area contributed by atoms with Gasteiger partial charge in [0.05, 0.1) is 6.21 Å². The molecule has 2 aliphatic heterocycles. The van der Waals surface area contributed by atoms with Crippen LogP contribution in [0.15, 0.2) is 5.16 Å². The van der Waals surface area contributed by atoms with Gasteiger partial charge in [0.2, 0.25) is 0 Å². The van der Waals surface area contributed by atoms with Gasteiger partial charge in [0, 0.05) is 12.0 Å². The minimum absolute atomic E-state index is 0.355. The van der Waals surface area contributed by atoms with Crippen LogP contribution in [-0.4, -0.2) is 37.9 Å². The normalized spacial score (nSPS) is 40.6. The van der Waals surface area contributed by atoms with E-state index >= 15 is 0 Å². The molecular formula is C9H16N2O. The number of fused-ring (bicyclic) bond motifs is 2. The fourth-order valence-corrected chi connectivity index (χ4v) is 2.37. The largest absolute Gasteiger partial charge is 0.399 e. The first-order valence-electron chi connectivity index (χ1n) is 4.65. The van der Waals surface area contributed by atoms with Gasteiger partial charge in [0.25, 0.3) is 0 Å². The predicted octanol–water partition coefficient (Wildman–Crippen LogP) is 1.10. The Bertz CT molecular complexity index is 189. The summed E-state index contributed by atoms with van der Waals surface area (Å²) in [7, 11) is 1.61. The van der Waals surface area contributed by atoms with Crippen molar-refractivity contribution in [2.24, 2.45) is 10.6 Å². The van der Waals surface area contributed by atoms with Crippen LogP contribution in [0.2, 0.25) is 0 Å². The zero-order valence-electron chi connectivity index (χ0n) is 7.62. The summed E-state index contributed by atoms with van der Waals surface area (Å²) in [6, 6.07) is 0. The molecule has 0 radical (unpaired) electrons. The van der Waals surface area contributed by atoms with Crippen molar-refractivity contribution in [2.75, 3.05) is 26.7 Å². The summed E-state index contributed by atoms with van der Waals surface area (Å²) in [5.41, 5.74) is 0.355. The molecule has 0 aromatic rings. The summed E-state index contributed by atoms with van der Waals surface area (Å²) in [6.07, 6.45) is 5.89. The molecule has 2 heterocycles. The van der Waals surface area contributed by atoms with Crippen LogP contribution in [0.25, 0.3) is 0 Å². The zero-order chi connectivity index (χ0) is 8.44. The Hall–Kier alpha value is -0.570. The van der Waals surface area contributed by atoms with Gasteiger partial charge in [-0.3, -0.25) is 0 Å². The Morgan fingerprint density at radius 3 is 3.17 bits per heavy atom. The van der Waals surface area contributed by atoms with E-state index in [9.17, 15) is 0 Å². The molecule has 0 aliphatic carbocycles. The molecule has 2 rings (SSSR count). The van der Waals surface area contributed by atoms with E-state index in [0.29, 0.717) is 5.41 Å². The smallest absolute Gasteiger partial charge is 0.106 e. The average molecular weight is 168 g/mol. The van der Waals surface area contributed by atoms with Crippen LogP contribution in [0, 0.1) is 5.41 Å². The Morgan fingerprint density at radius 1 is 1.42 bits per heavy atom. The predicted molar refractivity (Wildman–Crippen MR) is 48.2 cm³/mol. The van der Waals surface area contributed by atoms with Crippen molar-refractivity contribution < 1.29 is 4.84 Å². The van der Waals surface area contributed by atoms with Crippen molar-refractivity contribution in [3.8, 4) is 0 Å². The van der Waals surface area contributed by atoms with Gasteiger partial charge in [0.15, 0.2) is 0 Å². The number of piperidine rings is 1. The van der Waals surface area contributed by atoms with Crippen LogP contribution in [0.3, 0.4) is 0 Å². The summed E-state index contributed by atoms with van der Waals surface area (Å²) >= 11 is 0. The molecule has 68 valence electrons. The van der Waals surface area contributed by atoms with Gasteiger partial charge in [0.1, 0.15) is 7.11 Å². The molecule has 2 unspecified atom stereocenters. The summed E-state index contributed by atoms with van der Waals surface area (Å²) < 4.78 is 0. The minimum atomic E-state index is 0.355. The second-order valence-electron chi connectivity index (χ2n) is 3.91. The van der Waals surface area contributed by atoms with Gasteiger partial charge in [-0.25, -0.2) is 0 Å². The first kappa shape index (κ1) is 8.05.